The summed E-state index contributed by atoms with van der Waals surface area (Å²) in [5.74, 6) is 0.963. The van der Waals surface area contributed by atoms with Crippen LogP contribution in [0.15, 0.2) is 18.3 Å². The van der Waals surface area contributed by atoms with Gasteiger partial charge in [0.2, 0.25) is 5.91 Å². The molecule has 1 aromatic heterocycles. The van der Waals surface area contributed by atoms with Gasteiger partial charge in [-0.25, -0.2) is 4.98 Å². The van der Waals surface area contributed by atoms with Crippen LogP contribution in [-0.2, 0) is 11.3 Å². The normalized spacial score (nSPS) is 10.5. The SMILES string of the molecule is CCCNCc1ccc(N(CCC)CC(=O)N(C)C)nc1. The number of nitrogens with one attached hydrogen (secondary N) is 1. The highest BCUT2D eigenvalue weighted by Crippen LogP contribution is 2.12. The van der Waals surface area contributed by atoms with Crippen molar-refractivity contribution in [2.45, 2.75) is 33.2 Å². The molecular formula is C16H28N4O. The summed E-state index contributed by atoms with van der Waals surface area (Å²) in [7, 11) is 3.56. The van der Waals surface area contributed by atoms with E-state index in [2.05, 4.69) is 30.2 Å². The molecule has 0 saturated heterocycles. The maximum Gasteiger partial charge on any atom is 0.241 e. The van der Waals surface area contributed by atoms with Gasteiger partial charge in [0.05, 0.1) is 6.54 Å². The number of rotatable bonds is 9. The molecule has 0 atom stereocenters. The first-order valence-corrected chi connectivity index (χ1v) is 7.69. The molecule has 0 bridgehead atoms. The fourth-order valence-corrected chi connectivity index (χ4v) is 1.97. The average Bonchev–Trinajstić information content (AvgIpc) is 2.47. The summed E-state index contributed by atoms with van der Waals surface area (Å²) in [6.45, 7) is 7.32. The first-order chi connectivity index (χ1) is 10.1. The Hall–Kier alpha value is -1.62. The molecule has 0 spiro atoms. The molecule has 1 amide bonds. The molecule has 1 heterocycles. The first kappa shape index (κ1) is 17.4. The van der Waals surface area contributed by atoms with Crippen LogP contribution in [0, 0.1) is 0 Å². The third kappa shape index (κ3) is 6.12. The minimum Gasteiger partial charge on any atom is -0.347 e. The fourth-order valence-electron chi connectivity index (χ4n) is 1.97. The van der Waals surface area contributed by atoms with Gasteiger partial charge in [-0.1, -0.05) is 19.9 Å². The van der Waals surface area contributed by atoms with Crippen LogP contribution in [0.2, 0.25) is 0 Å². The zero-order valence-corrected chi connectivity index (χ0v) is 13.7. The van der Waals surface area contributed by atoms with Gasteiger partial charge in [-0.2, -0.15) is 0 Å². The molecule has 0 fully saturated rings. The molecule has 5 heteroatoms. The van der Waals surface area contributed by atoms with Gasteiger partial charge in [-0.15, -0.1) is 0 Å². The number of pyridine rings is 1. The molecule has 1 aromatic rings. The first-order valence-electron chi connectivity index (χ1n) is 7.69. The molecule has 1 rings (SSSR count). The van der Waals surface area contributed by atoms with Gasteiger partial charge in [0.1, 0.15) is 5.82 Å². The molecule has 0 aliphatic rings. The molecular weight excluding hydrogens is 264 g/mol. The van der Waals surface area contributed by atoms with Gasteiger partial charge in [-0.3, -0.25) is 4.79 Å². The van der Waals surface area contributed by atoms with Crippen molar-refractivity contribution in [2.24, 2.45) is 0 Å². The highest BCUT2D eigenvalue weighted by molar-refractivity contribution is 5.80. The van der Waals surface area contributed by atoms with Crippen molar-refractivity contribution in [3.63, 3.8) is 0 Å². The van der Waals surface area contributed by atoms with E-state index < -0.39 is 0 Å². The summed E-state index contributed by atoms with van der Waals surface area (Å²) < 4.78 is 0. The number of hydrogen-bond donors (Lipinski definition) is 1. The molecule has 118 valence electrons. The summed E-state index contributed by atoms with van der Waals surface area (Å²) >= 11 is 0. The largest absolute Gasteiger partial charge is 0.347 e. The Morgan fingerprint density at radius 3 is 2.52 bits per heavy atom. The minimum atomic E-state index is 0.0962. The van der Waals surface area contributed by atoms with Crippen molar-refractivity contribution in [3.8, 4) is 0 Å². The van der Waals surface area contributed by atoms with Gasteiger partial charge in [0.15, 0.2) is 0 Å². The average molecular weight is 292 g/mol. The number of aromatic nitrogens is 1. The number of likely N-dealkylation sites (N-methyl/N-ethyl adjacent to an activating group) is 1. The summed E-state index contributed by atoms with van der Waals surface area (Å²) in [5.41, 5.74) is 1.17. The zero-order valence-electron chi connectivity index (χ0n) is 13.7. The van der Waals surface area contributed by atoms with Crippen LogP contribution in [0.3, 0.4) is 0 Å². The lowest BCUT2D eigenvalue weighted by atomic mass is 10.2. The zero-order chi connectivity index (χ0) is 15.7. The lowest BCUT2D eigenvalue weighted by Crippen LogP contribution is -2.37. The number of hydrogen-bond acceptors (Lipinski definition) is 4. The maximum absolute atomic E-state index is 11.9. The van der Waals surface area contributed by atoms with Gasteiger partial charge < -0.3 is 15.1 Å². The Balaban J connectivity index is 2.67. The molecule has 5 nitrogen and oxygen atoms in total. The second-order valence-electron chi connectivity index (χ2n) is 5.41. The predicted molar refractivity (Wildman–Crippen MR) is 87.4 cm³/mol. The Bertz CT molecular complexity index is 417. The summed E-state index contributed by atoms with van der Waals surface area (Å²) in [4.78, 5) is 20.0. The summed E-state index contributed by atoms with van der Waals surface area (Å²) in [6.07, 6.45) is 4.01. The van der Waals surface area contributed by atoms with E-state index >= 15 is 0 Å². The van der Waals surface area contributed by atoms with E-state index in [1.165, 1.54) is 5.56 Å². The van der Waals surface area contributed by atoms with Gasteiger partial charge in [0.25, 0.3) is 0 Å². The van der Waals surface area contributed by atoms with Crippen LogP contribution >= 0.6 is 0 Å². The van der Waals surface area contributed by atoms with Crippen LogP contribution in [0.4, 0.5) is 5.82 Å². The fraction of sp³-hybridized carbons (Fsp3) is 0.625. The number of carbonyl (C=O) groups excluding carboxylic acids is 1. The van der Waals surface area contributed by atoms with Crippen molar-refractivity contribution in [3.05, 3.63) is 23.9 Å². The molecule has 21 heavy (non-hydrogen) atoms. The van der Waals surface area contributed by atoms with Crippen LogP contribution in [-0.4, -0.2) is 49.5 Å². The van der Waals surface area contributed by atoms with E-state index in [4.69, 9.17) is 0 Å². The standard InChI is InChI=1S/C16H28N4O/c1-5-9-17-11-14-7-8-15(18-12-14)20(10-6-2)13-16(21)19(3)4/h7-8,12,17H,5-6,9-11,13H2,1-4H3. The van der Waals surface area contributed by atoms with Crippen molar-refractivity contribution in [1.29, 1.82) is 0 Å². The monoisotopic (exact) mass is 292 g/mol. The van der Waals surface area contributed by atoms with E-state index in [1.54, 1.807) is 19.0 Å². The molecule has 0 radical (unpaired) electrons. The van der Waals surface area contributed by atoms with Crippen molar-refractivity contribution in [2.75, 3.05) is 38.6 Å². The smallest absolute Gasteiger partial charge is 0.241 e. The molecule has 0 aromatic carbocycles. The lowest BCUT2D eigenvalue weighted by Gasteiger charge is -2.24. The van der Waals surface area contributed by atoms with Crippen LogP contribution < -0.4 is 10.2 Å². The third-order valence-electron chi connectivity index (χ3n) is 3.21. The van der Waals surface area contributed by atoms with E-state index in [1.807, 2.05) is 17.2 Å². The Kier molecular flexibility index (Phi) is 7.75. The highest BCUT2D eigenvalue weighted by atomic mass is 16.2. The second-order valence-corrected chi connectivity index (χ2v) is 5.41. The molecule has 0 saturated carbocycles. The Labute approximate surface area is 128 Å². The topological polar surface area (TPSA) is 48.5 Å². The second kappa shape index (κ2) is 9.34. The summed E-state index contributed by atoms with van der Waals surface area (Å²) in [6, 6.07) is 4.08. The Morgan fingerprint density at radius 1 is 1.24 bits per heavy atom. The summed E-state index contributed by atoms with van der Waals surface area (Å²) in [5, 5.41) is 3.36. The predicted octanol–water partition coefficient (Wildman–Crippen LogP) is 1.89. The molecule has 0 unspecified atom stereocenters. The van der Waals surface area contributed by atoms with E-state index in [0.717, 1.165) is 38.3 Å². The van der Waals surface area contributed by atoms with Crippen LogP contribution in [0.25, 0.3) is 0 Å². The highest BCUT2D eigenvalue weighted by Gasteiger charge is 2.13. The van der Waals surface area contributed by atoms with Gasteiger partial charge >= 0.3 is 0 Å². The van der Waals surface area contributed by atoms with Crippen molar-refractivity contribution < 1.29 is 4.79 Å². The van der Waals surface area contributed by atoms with Gasteiger partial charge in [0, 0.05) is 33.4 Å². The molecule has 0 aliphatic heterocycles. The van der Waals surface area contributed by atoms with E-state index in [0.29, 0.717) is 6.54 Å². The number of anilines is 1. The van der Waals surface area contributed by atoms with Gasteiger partial charge in [-0.05, 0) is 31.0 Å². The lowest BCUT2D eigenvalue weighted by molar-refractivity contribution is -0.127. The Morgan fingerprint density at radius 2 is 2.00 bits per heavy atom. The third-order valence-corrected chi connectivity index (χ3v) is 3.21. The van der Waals surface area contributed by atoms with E-state index in [9.17, 15) is 4.79 Å². The number of carbonyl (C=O) groups is 1. The minimum absolute atomic E-state index is 0.0962. The van der Waals surface area contributed by atoms with Crippen LogP contribution in [0.5, 0.6) is 0 Å². The van der Waals surface area contributed by atoms with Crippen LogP contribution in [0.1, 0.15) is 32.3 Å². The maximum atomic E-state index is 11.9. The quantitative estimate of drug-likeness (QED) is 0.706. The van der Waals surface area contributed by atoms with E-state index in [-0.39, 0.29) is 5.91 Å². The van der Waals surface area contributed by atoms with Crippen molar-refractivity contribution in [1.82, 2.24) is 15.2 Å². The number of nitrogens with zero attached hydrogens (tertiary/aromatic N) is 3. The number of amides is 1. The molecule has 0 aliphatic carbocycles. The van der Waals surface area contributed by atoms with Crippen molar-refractivity contribution >= 4 is 11.7 Å². The molecule has 1 N–H and O–H groups in total.